The van der Waals surface area contributed by atoms with Gasteiger partial charge in [0.05, 0.1) is 17.0 Å². The fraction of sp³-hybridized carbons (Fsp3) is 0.538. The fourth-order valence-electron chi connectivity index (χ4n) is 2.48. The Hall–Kier alpha value is -1.35. The second kappa shape index (κ2) is 5.80. The molecule has 2 N–H and O–H groups in total. The highest BCUT2D eigenvalue weighted by Gasteiger charge is 2.31. The molecule has 0 spiro atoms. The van der Waals surface area contributed by atoms with Crippen LogP contribution in [0.25, 0.3) is 0 Å². The summed E-state index contributed by atoms with van der Waals surface area (Å²) in [4.78, 5) is 0.161. The summed E-state index contributed by atoms with van der Waals surface area (Å²) in [6, 6.07) is 4.33. The number of fused-ring (bicyclic) bond motifs is 1. The number of ether oxygens (including phenoxy) is 3. The van der Waals surface area contributed by atoms with Crippen LogP contribution in [-0.4, -0.2) is 54.0 Å². The van der Waals surface area contributed by atoms with Gasteiger partial charge in [-0.15, -0.1) is 0 Å². The molecule has 0 bridgehead atoms. The van der Waals surface area contributed by atoms with Gasteiger partial charge in [0.1, 0.15) is 13.2 Å². The summed E-state index contributed by atoms with van der Waals surface area (Å²) in [5, 5.41) is 3.10. The molecule has 1 fully saturated rings. The van der Waals surface area contributed by atoms with Crippen LogP contribution in [0, 0.1) is 0 Å². The minimum atomic E-state index is -3.63. The van der Waals surface area contributed by atoms with Gasteiger partial charge in [-0.1, -0.05) is 0 Å². The third kappa shape index (κ3) is 2.98. The van der Waals surface area contributed by atoms with Crippen LogP contribution >= 0.6 is 0 Å². The van der Waals surface area contributed by atoms with Gasteiger partial charge in [-0.2, -0.15) is 0 Å². The maximum atomic E-state index is 12.4. The van der Waals surface area contributed by atoms with Crippen molar-refractivity contribution in [3.63, 3.8) is 0 Å². The molecule has 0 aliphatic carbocycles. The van der Waals surface area contributed by atoms with Crippen LogP contribution in [0.1, 0.15) is 0 Å². The molecule has 2 heterocycles. The van der Waals surface area contributed by atoms with Crippen molar-refractivity contribution in [2.24, 2.45) is 0 Å². The average molecular weight is 314 g/mol. The highest BCUT2D eigenvalue weighted by molar-refractivity contribution is 7.89. The third-order valence-corrected chi connectivity index (χ3v) is 5.08. The number of hydrogen-bond acceptors (Lipinski definition) is 6. The van der Waals surface area contributed by atoms with Crippen molar-refractivity contribution in [1.82, 2.24) is 10.0 Å². The van der Waals surface area contributed by atoms with E-state index in [1.807, 2.05) is 0 Å². The Balaban J connectivity index is 1.81. The number of sulfonamides is 1. The molecule has 8 heteroatoms. The van der Waals surface area contributed by atoms with Crippen LogP contribution < -0.4 is 19.5 Å². The largest absolute Gasteiger partial charge is 0.486 e. The van der Waals surface area contributed by atoms with Gasteiger partial charge in [0.15, 0.2) is 11.5 Å². The van der Waals surface area contributed by atoms with Crippen LogP contribution in [0.4, 0.5) is 0 Å². The zero-order valence-corrected chi connectivity index (χ0v) is 12.5. The van der Waals surface area contributed by atoms with Crippen LogP contribution in [0.3, 0.4) is 0 Å². The molecule has 1 aromatic carbocycles. The zero-order valence-electron chi connectivity index (χ0n) is 11.7. The van der Waals surface area contributed by atoms with Crippen LogP contribution in [-0.2, 0) is 14.8 Å². The van der Waals surface area contributed by atoms with Crippen molar-refractivity contribution in [1.29, 1.82) is 0 Å². The first-order valence-corrected chi connectivity index (χ1v) is 8.24. The Morgan fingerprint density at radius 2 is 2.00 bits per heavy atom. The summed E-state index contributed by atoms with van der Waals surface area (Å²) in [6.07, 6.45) is -0.169. The summed E-state index contributed by atoms with van der Waals surface area (Å²) in [5.41, 5.74) is 0. The van der Waals surface area contributed by atoms with Crippen molar-refractivity contribution in [2.45, 2.75) is 17.0 Å². The predicted octanol–water partition coefficient (Wildman–Crippen LogP) is -0.277. The van der Waals surface area contributed by atoms with Gasteiger partial charge in [0.2, 0.25) is 10.0 Å². The van der Waals surface area contributed by atoms with E-state index < -0.39 is 10.0 Å². The molecule has 0 radical (unpaired) electrons. The zero-order chi connectivity index (χ0) is 14.9. The SMILES string of the molecule is CO[C@H]1CNCC1NS(=O)(=O)c1ccc2c(c1)OCCO2. The van der Waals surface area contributed by atoms with Gasteiger partial charge in [-0.25, -0.2) is 13.1 Å². The third-order valence-electron chi connectivity index (χ3n) is 3.59. The lowest BCUT2D eigenvalue weighted by atomic mass is 10.2. The molecular formula is C13H18N2O5S. The molecule has 116 valence electrons. The van der Waals surface area contributed by atoms with Gasteiger partial charge in [0.25, 0.3) is 0 Å². The molecule has 2 aliphatic rings. The molecule has 0 amide bonds. The first kappa shape index (κ1) is 14.6. The maximum absolute atomic E-state index is 12.4. The maximum Gasteiger partial charge on any atom is 0.241 e. The second-order valence-corrected chi connectivity index (χ2v) is 6.68. The van der Waals surface area contributed by atoms with E-state index in [4.69, 9.17) is 14.2 Å². The van der Waals surface area contributed by atoms with Gasteiger partial charge < -0.3 is 19.5 Å². The summed E-state index contributed by atoms with van der Waals surface area (Å²) >= 11 is 0. The predicted molar refractivity (Wildman–Crippen MR) is 75.2 cm³/mol. The molecule has 21 heavy (non-hydrogen) atoms. The summed E-state index contributed by atoms with van der Waals surface area (Å²) in [5.74, 6) is 1.02. The van der Waals surface area contributed by atoms with Gasteiger partial charge in [0, 0.05) is 26.3 Å². The van der Waals surface area contributed by atoms with Gasteiger partial charge in [-0.3, -0.25) is 0 Å². The molecule has 2 aliphatic heterocycles. The smallest absolute Gasteiger partial charge is 0.241 e. The van der Waals surface area contributed by atoms with E-state index in [0.717, 1.165) is 0 Å². The van der Waals surface area contributed by atoms with Crippen molar-refractivity contribution >= 4 is 10.0 Å². The second-order valence-electron chi connectivity index (χ2n) is 4.97. The van der Waals surface area contributed by atoms with Gasteiger partial charge in [-0.05, 0) is 12.1 Å². The molecular weight excluding hydrogens is 296 g/mol. The molecule has 3 rings (SSSR count). The average Bonchev–Trinajstić information content (AvgIpc) is 2.93. The van der Waals surface area contributed by atoms with Crippen molar-refractivity contribution in [2.75, 3.05) is 33.4 Å². The number of benzene rings is 1. The van der Waals surface area contributed by atoms with Crippen molar-refractivity contribution in [3.05, 3.63) is 18.2 Å². The summed E-state index contributed by atoms with van der Waals surface area (Å²) < 4.78 is 43.6. The number of nitrogens with one attached hydrogen (secondary N) is 2. The Morgan fingerprint density at radius 3 is 2.76 bits per heavy atom. The Labute approximate surface area is 123 Å². The van der Waals surface area contributed by atoms with E-state index in [0.29, 0.717) is 37.8 Å². The minimum absolute atomic E-state index is 0.161. The molecule has 1 aromatic rings. The lowest BCUT2D eigenvalue weighted by Gasteiger charge is -2.21. The Morgan fingerprint density at radius 1 is 1.24 bits per heavy atom. The first-order valence-electron chi connectivity index (χ1n) is 6.75. The minimum Gasteiger partial charge on any atom is -0.486 e. The van der Waals surface area contributed by atoms with Crippen molar-refractivity contribution < 1.29 is 22.6 Å². The summed E-state index contributed by atoms with van der Waals surface area (Å²) in [7, 11) is -2.05. The van der Waals surface area contributed by atoms with Gasteiger partial charge >= 0.3 is 0 Å². The molecule has 1 unspecified atom stereocenters. The number of rotatable bonds is 4. The molecule has 2 atom stereocenters. The number of hydrogen-bond donors (Lipinski definition) is 2. The van der Waals surface area contributed by atoms with Crippen LogP contribution in [0.15, 0.2) is 23.1 Å². The van der Waals surface area contributed by atoms with Crippen molar-refractivity contribution in [3.8, 4) is 11.5 Å². The van der Waals surface area contributed by atoms with E-state index in [1.165, 1.54) is 12.1 Å². The van der Waals surface area contributed by atoms with E-state index in [2.05, 4.69) is 10.0 Å². The first-order chi connectivity index (χ1) is 10.1. The number of methoxy groups -OCH3 is 1. The van der Waals surface area contributed by atoms with E-state index in [9.17, 15) is 8.42 Å². The van der Waals surface area contributed by atoms with Crippen LogP contribution in [0.5, 0.6) is 11.5 Å². The highest BCUT2D eigenvalue weighted by atomic mass is 32.2. The topological polar surface area (TPSA) is 85.9 Å². The molecule has 0 aromatic heterocycles. The van der Waals surface area contributed by atoms with E-state index in [-0.39, 0.29) is 17.0 Å². The van der Waals surface area contributed by atoms with E-state index >= 15 is 0 Å². The summed E-state index contributed by atoms with van der Waals surface area (Å²) in [6.45, 7) is 2.07. The lowest BCUT2D eigenvalue weighted by Crippen LogP contribution is -2.43. The Bertz CT molecular complexity index is 619. The monoisotopic (exact) mass is 314 g/mol. The quantitative estimate of drug-likeness (QED) is 0.795. The molecule has 0 saturated carbocycles. The standard InChI is InChI=1S/C13H18N2O5S/c1-18-13-8-14-7-10(13)15-21(16,17)9-2-3-11-12(6-9)20-5-4-19-11/h2-3,6,10,13-15H,4-5,7-8H2,1H3/t10?,13-/m0/s1. The van der Waals surface area contributed by atoms with Crippen LogP contribution in [0.2, 0.25) is 0 Å². The van der Waals surface area contributed by atoms with E-state index in [1.54, 1.807) is 13.2 Å². The normalized spacial score (nSPS) is 25.0. The fourth-order valence-corrected chi connectivity index (χ4v) is 3.76. The molecule has 7 nitrogen and oxygen atoms in total. The molecule has 1 saturated heterocycles. The highest BCUT2D eigenvalue weighted by Crippen LogP contribution is 2.32. The lowest BCUT2D eigenvalue weighted by molar-refractivity contribution is 0.103. The Kier molecular flexibility index (Phi) is 4.03.